The van der Waals surface area contributed by atoms with E-state index >= 15 is 0 Å². The van der Waals surface area contributed by atoms with Crippen molar-refractivity contribution in [1.29, 1.82) is 0 Å². The van der Waals surface area contributed by atoms with Crippen LogP contribution in [0.1, 0.15) is 24.1 Å². The molecule has 1 unspecified atom stereocenters. The van der Waals surface area contributed by atoms with Gasteiger partial charge in [-0.3, -0.25) is 9.71 Å². The molecule has 8 nitrogen and oxygen atoms in total. The van der Waals surface area contributed by atoms with Crippen LogP contribution in [0.25, 0.3) is 21.7 Å². The third-order valence-corrected chi connectivity index (χ3v) is 6.97. The Morgan fingerprint density at radius 3 is 2.45 bits per heavy atom. The van der Waals surface area contributed by atoms with E-state index in [0.29, 0.717) is 33.2 Å². The highest BCUT2D eigenvalue weighted by atomic mass is 32.2. The van der Waals surface area contributed by atoms with Crippen molar-refractivity contribution in [2.75, 3.05) is 18.1 Å². The van der Waals surface area contributed by atoms with E-state index in [9.17, 15) is 17.9 Å². The summed E-state index contributed by atoms with van der Waals surface area (Å²) in [5.41, 5.74) is 2.29. The zero-order valence-electron chi connectivity index (χ0n) is 21.0. The number of sulfonamides is 1. The average molecular weight is 536 g/mol. The molecule has 0 aliphatic rings. The summed E-state index contributed by atoms with van der Waals surface area (Å²) in [6, 6.07) is 16.4. The number of fused-ring (bicyclic) bond motifs is 2. The summed E-state index contributed by atoms with van der Waals surface area (Å²) in [5, 5.41) is 12.8. The highest BCUT2D eigenvalue weighted by molar-refractivity contribution is 7.92. The molecule has 0 spiro atoms. The van der Waals surface area contributed by atoms with Crippen molar-refractivity contribution < 1.29 is 27.4 Å². The van der Waals surface area contributed by atoms with Crippen LogP contribution in [0, 0.1) is 5.82 Å². The standard InChI is InChI=1S/C28H26FN3O5S/c1-17(19-8-10-20(29)11-9-19)32-15-23-24(28(32)33)27(37-16-18-6-12-21(36-2)13-7-18)26-22(5-4-14-30-26)25(23)31-38(3,34)35/h4-15,17,31,33H,16H2,1-3H3. The van der Waals surface area contributed by atoms with Crippen molar-refractivity contribution in [3.8, 4) is 17.4 Å². The summed E-state index contributed by atoms with van der Waals surface area (Å²) in [4.78, 5) is 4.48. The quantitative estimate of drug-likeness (QED) is 0.268. The molecule has 0 amide bonds. The van der Waals surface area contributed by atoms with E-state index in [1.54, 1.807) is 48.3 Å². The predicted octanol–water partition coefficient (Wildman–Crippen LogP) is 5.60. The number of anilines is 1. The Labute approximate surface area is 219 Å². The largest absolute Gasteiger partial charge is 0.497 e. The molecule has 0 saturated heterocycles. The number of pyridine rings is 1. The number of benzene rings is 3. The SMILES string of the molecule is COc1ccc(COc2c3ncccc3c(NS(C)(=O)=O)c3cn(C(C)c4ccc(F)cc4)c(O)c23)cc1. The highest BCUT2D eigenvalue weighted by Gasteiger charge is 2.26. The molecule has 3 aromatic carbocycles. The van der Waals surface area contributed by atoms with Crippen molar-refractivity contribution in [1.82, 2.24) is 9.55 Å². The average Bonchev–Trinajstić information content (AvgIpc) is 3.25. The Kier molecular flexibility index (Phi) is 6.58. The van der Waals surface area contributed by atoms with Crippen LogP contribution in [0.2, 0.25) is 0 Å². The number of ether oxygens (including phenoxy) is 2. The van der Waals surface area contributed by atoms with Gasteiger partial charge in [-0.05, 0) is 54.4 Å². The van der Waals surface area contributed by atoms with Gasteiger partial charge in [0.1, 0.15) is 23.7 Å². The van der Waals surface area contributed by atoms with Gasteiger partial charge in [0.05, 0.1) is 30.5 Å². The van der Waals surface area contributed by atoms with Crippen LogP contribution in [0.5, 0.6) is 17.4 Å². The van der Waals surface area contributed by atoms with Gasteiger partial charge in [0.25, 0.3) is 0 Å². The van der Waals surface area contributed by atoms with Gasteiger partial charge in [-0.1, -0.05) is 24.3 Å². The Morgan fingerprint density at radius 1 is 1.08 bits per heavy atom. The van der Waals surface area contributed by atoms with E-state index in [2.05, 4.69) is 9.71 Å². The highest BCUT2D eigenvalue weighted by Crippen LogP contribution is 2.47. The van der Waals surface area contributed by atoms with Crippen molar-refractivity contribution in [2.24, 2.45) is 0 Å². The number of aromatic hydroxyl groups is 1. The number of rotatable bonds is 8. The Hall–Kier alpha value is -4.31. The summed E-state index contributed by atoms with van der Waals surface area (Å²) < 4.78 is 53.9. The van der Waals surface area contributed by atoms with Crippen molar-refractivity contribution in [3.63, 3.8) is 0 Å². The predicted molar refractivity (Wildman–Crippen MR) is 145 cm³/mol. The molecule has 2 heterocycles. The van der Waals surface area contributed by atoms with Crippen LogP contribution < -0.4 is 14.2 Å². The molecule has 1 atom stereocenters. The number of aromatic nitrogens is 2. The van der Waals surface area contributed by atoms with Gasteiger partial charge in [0, 0.05) is 23.2 Å². The van der Waals surface area contributed by atoms with E-state index in [0.717, 1.165) is 17.4 Å². The summed E-state index contributed by atoms with van der Waals surface area (Å²) in [5.74, 6) is 0.525. The number of halogens is 1. The smallest absolute Gasteiger partial charge is 0.229 e. The normalized spacial score (nSPS) is 12.5. The number of nitrogens with zero attached hydrogens (tertiary/aromatic N) is 2. The van der Waals surface area contributed by atoms with E-state index in [1.165, 1.54) is 12.1 Å². The Morgan fingerprint density at radius 2 is 1.79 bits per heavy atom. The number of hydrogen-bond acceptors (Lipinski definition) is 6. The molecule has 0 bridgehead atoms. The zero-order valence-corrected chi connectivity index (χ0v) is 21.8. The van der Waals surface area contributed by atoms with E-state index < -0.39 is 16.1 Å². The Bertz CT molecular complexity index is 1730. The third kappa shape index (κ3) is 4.82. The fourth-order valence-corrected chi connectivity index (χ4v) is 5.08. The van der Waals surface area contributed by atoms with Crippen molar-refractivity contribution in [2.45, 2.75) is 19.6 Å². The van der Waals surface area contributed by atoms with Gasteiger partial charge in [0.2, 0.25) is 15.9 Å². The molecular formula is C28H26FN3O5S. The monoisotopic (exact) mass is 535 g/mol. The maximum Gasteiger partial charge on any atom is 0.229 e. The van der Waals surface area contributed by atoms with Crippen LogP contribution in [0.15, 0.2) is 73.1 Å². The van der Waals surface area contributed by atoms with Gasteiger partial charge >= 0.3 is 0 Å². The van der Waals surface area contributed by atoms with Crippen molar-refractivity contribution >= 4 is 37.4 Å². The van der Waals surface area contributed by atoms with Gasteiger partial charge in [-0.15, -0.1) is 0 Å². The maximum absolute atomic E-state index is 13.5. The summed E-state index contributed by atoms with van der Waals surface area (Å²) in [7, 11) is -2.09. The summed E-state index contributed by atoms with van der Waals surface area (Å²) >= 11 is 0. The summed E-state index contributed by atoms with van der Waals surface area (Å²) in [6.07, 6.45) is 4.31. The van der Waals surface area contributed by atoms with Gasteiger partial charge in [0.15, 0.2) is 5.75 Å². The molecule has 38 heavy (non-hydrogen) atoms. The number of methoxy groups -OCH3 is 1. The zero-order chi connectivity index (χ0) is 27.0. The molecule has 196 valence electrons. The minimum absolute atomic E-state index is 0.134. The molecule has 5 aromatic rings. The molecule has 5 rings (SSSR count). The minimum atomic E-state index is -3.68. The van der Waals surface area contributed by atoms with E-state index in [4.69, 9.17) is 9.47 Å². The lowest BCUT2D eigenvalue weighted by Gasteiger charge is -2.16. The first-order chi connectivity index (χ1) is 18.2. The third-order valence-electron chi connectivity index (χ3n) is 6.39. The lowest BCUT2D eigenvalue weighted by Crippen LogP contribution is -2.10. The topological polar surface area (TPSA) is 103 Å². The fraction of sp³-hybridized carbons (Fsp3) is 0.179. The van der Waals surface area contributed by atoms with Gasteiger partial charge in [-0.25, -0.2) is 12.8 Å². The van der Waals surface area contributed by atoms with E-state index in [-0.39, 0.29) is 24.0 Å². The van der Waals surface area contributed by atoms with Crippen LogP contribution >= 0.6 is 0 Å². The second kappa shape index (κ2) is 9.86. The fourth-order valence-electron chi connectivity index (χ4n) is 4.49. The maximum atomic E-state index is 13.5. The second-order valence-corrected chi connectivity index (χ2v) is 10.7. The second-order valence-electron chi connectivity index (χ2n) is 8.99. The van der Waals surface area contributed by atoms with Gasteiger partial charge in [-0.2, -0.15) is 0 Å². The van der Waals surface area contributed by atoms with Crippen LogP contribution in [0.4, 0.5) is 10.1 Å². The molecule has 0 aliphatic carbocycles. The van der Waals surface area contributed by atoms with Crippen LogP contribution in [-0.2, 0) is 16.6 Å². The van der Waals surface area contributed by atoms with Crippen molar-refractivity contribution in [3.05, 3.63) is 90.0 Å². The molecular weight excluding hydrogens is 509 g/mol. The molecule has 0 radical (unpaired) electrons. The first-order valence-electron chi connectivity index (χ1n) is 11.8. The van der Waals surface area contributed by atoms with Crippen LogP contribution in [0.3, 0.4) is 0 Å². The lowest BCUT2D eigenvalue weighted by atomic mass is 10.1. The first kappa shape index (κ1) is 25.3. The molecule has 2 N–H and O–H groups in total. The lowest BCUT2D eigenvalue weighted by molar-refractivity contribution is 0.311. The Balaban J connectivity index is 1.72. The van der Waals surface area contributed by atoms with Gasteiger partial charge < -0.3 is 19.1 Å². The number of hydrogen-bond donors (Lipinski definition) is 2. The molecule has 10 heteroatoms. The number of nitrogens with one attached hydrogen (secondary N) is 1. The van der Waals surface area contributed by atoms with E-state index in [1.807, 2.05) is 31.2 Å². The molecule has 0 saturated carbocycles. The molecule has 0 fully saturated rings. The molecule has 0 aliphatic heterocycles. The summed E-state index contributed by atoms with van der Waals surface area (Å²) in [6.45, 7) is 2.02. The van der Waals surface area contributed by atoms with Crippen LogP contribution in [-0.4, -0.2) is 36.4 Å². The molecule has 2 aromatic heterocycles. The minimum Gasteiger partial charge on any atom is -0.497 e. The first-order valence-corrected chi connectivity index (χ1v) is 13.7.